The van der Waals surface area contributed by atoms with Crippen molar-refractivity contribution in [2.45, 2.75) is 32.2 Å². The molecular weight excluding hydrogens is 364 g/mol. The Morgan fingerprint density at radius 3 is 2.48 bits per heavy atom. The molecule has 0 aliphatic carbocycles. The summed E-state index contributed by atoms with van der Waals surface area (Å²) in [6, 6.07) is 7.65. The van der Waals surface area contributed by atoms with Crippen LogP contribution in [0.1, 0.15) is 42.1 Å². The van der Waals surface area contributed by atoms with E-state index < -0.39 is 9.84 Å². The van der Waals surface area contributed by atoms with Crippen molar-refractivity contribution in [3.8, 4) is 0 Å². The second-order valence-corrected chi connectivity index (χ2v) is 9.36. The molecule has 1 aliphatic rings. The molecule has 1 fully saturated rings. The topological polar surface area (TPSA) is 92.3 Å². The lowest BCUT2D eigenvalue weighted by atomic mass is 10.0. The lowest BCUT2D eigenvalue weighted by molar-refractivity contribution is 0.0747. The third-order valence-corrected chi connectivity index (χ3v) is 6.55. The van der Waals surface area contributed by atoms with Gasteiger partial charge in [-0.2, -0.15) is 0 Å². The van der Waals surface area contributed by atoms with Crippen molar-refractivity contribution in [3.05, 3.63) is 47.8 Å². The van der Waals surface area contributed by atoms with Crippen LogP contribution in [0, 0.1) is 0 Å². The van der Waals surface area contributed by atoms with Crippen molar-refractivity contribution >= 4 is 27.4 Å². The van der Waals surface area contributed by atoms with Crippen LogP contribution in [-0.2, 0) is 9.84 Å². The van der Waals surface area contributed by atoms with Crippen molar-refractivity contribution in [2.75, 3.05) is 23.9 Å². The normalized spacial score (nSPS) is 18.4. The molecule has 0 spiro atoms. The number of rotatable bonds is 5. The van der Waals surface area contributed by atoms with Crippen molar-refractivity contribution in [3.63, 3.8) is 0 Å². The molecule has 2 aromatic rings. The van der Waals surface area contributed by atoms with E-state index in [2.05, 4.69) is 35.2 Å². The molecule has 1 amide bonds. The highest BCUT2D eigenvalue weighted by Crippen LogP contribution is 2.25. The molecule has 7 nitrogen and oxygen atoms in total. The Labute approximate surface area is 159 Å². The molecule has 8 heteroatoms. The molecule has 1 saturated heterocycles. The first-order chi connectivity index (χ1) is 12.8. The fraction of sp³-hybridized carbons (Fsp3) is 0.421. The average molecular weight is 388 g/mol. The van der Waals surface area contributed by atoms with Crippen molar-refractivity contribution < 1.29 is 13.2 Å². The number of aromatic nitrogens is 2. The number of hydrogen-bond acceptors (Lipinski definition) is 6. The average Bonchev–Trinajstić information content (AvgIpc) is 3.01. The third kappa shape index (κ3) is 4.44. The number of para-hydroxylation sites is 1. The molecule has 27 heavy (non-hydrogen) atoms. The van der Waals surface area contributed by atoms with Gasteiger partial charge in [0.25, 0.3) is 5.91 Å². The Morgan fingerprint density at radius 2 is 1.89 bits per heavy atom. The number of anilines is 2. The summed E-state index contributed by atoms with van der Waals surface area (Å²) in [5.41, 5.74) is 2.42. The summed E-state index contributed by atoms with van der Waals surface area (Å²) in [5.74, 6) is 0.633. The summed E-state index contributed by atoms with van der Waals surface area (Å²) in [6.07, 6.45) is 3.41. The standard InChI is InChI=1S/C19H24N4O3S/c1-13(2)16-6-4-5-7-17(16)22-19-20-10-14(11-21-19)18(24)23(3)15-8-9-27(25,26)12-15/h4-7,10-11,13,15H,8-9,12H2,1-3H3,(H,20,21,22). The van der Waals surface area contributed by atoms with Gasteiger partial charge in [-0.3, -0.25) is 4.79 Å². The first-order valence-corrected chi connectivity index (χ1v) is 10.7. The lowest BCUT2D eigenvalue weighted by Crippen LogP contribution is -2.37. The number of nitrogens with one attached hydrogen (secondary N) is 1. The first kappa shape index (κ1) is 19.3. The van der Waals surface area contributed by atoms with E-state index in [1.807, 2.05) is 18.2 Å². The first-order valence-electron chi connectivity index (χ1n) is 8.92. The largest absolute Gasteiger partial charge is 0.338 e. The summed E-state index contributed by atoms with van der Waals surface area (Å²) in [5, 5.41) is 3.19. The molecule has 1 atom stereocenters. The van der Waals surface area contributed by atoms with Crippen LogP contribution in [0.2, 0.25) is 0 Å². The van der Waals surface area contributed by atoms with Gasteiger partial charge < -0.3 is 10.2 Å². The zero-order chi connectivity index (χ0) is 19.6. The SMILES string of the molecule is CC(C)c1ccccc1Nc1ncc(C(=O)N(C)C2CCS(=O)(=O)C2)cn1. The minimum atomic E-state index is -3.04. The fourth-order valence-electron chi connectivity index (χ4n) is 3.19. The van der Waals surface area contributed by atoms with Crippen LogP contribution in [0.4, 0.5) is 11.6 Å². The maximum atomic E-state index is 12.6. The highest BCUT2D eigenvalue weighted by Gasteiger charge is 2.33. The molecule has 0 bridgehead atoms. The molecule has 2 heterocycles. The zero-order valence-corrected chi connectivity index (χ0v) is 16.5. The van der Waals surface area contributed by atoms with Crippen LogP contribution in [0.5, 0.6) is 0 Å². The molecule has 0 saturated carbocycles. The maximum Gasteiger partial charge on any atom is 0.257 e. The van der Waals surface area contributed by atoms with Crippen LogP contribution < -0.4 is 5.32 Å². The van der Waals surface area contributed by atoms with Crippen LogP contribution in [0.3, 0.4) is 0 Å². The van der Waals surface area contributed by atoms with Gasteiger partial charge >= 0.3 is 0 Å². The van der Waals surface area contributed by atoms with Gasteiger partial charge in [0.1, 0.15) is 0 Å². The van der Waals surface area contributed by atoms with E-state index in [1.54, 1.807) is 7.05 Å². The Bertz CT molecular complexity index is 926. The predicted octanol–water partition coefficient (Wildman–Crippen LogP) is 2.60. The van der Waals surface area contributed by atoms with Gasteiger partial charge in [-0.05, 0) is 24.0 Å². The zero-order valence-electron chi connectivity index (χ0n) is 15.7. The molecule has 3 rings (SSSR count). The molecule has 1 unspecified atom stereocenters. The van der Waals surface area contributed by atoms with Gasteiger partial charge in [-0.25, -0.2) is 18.4 Å². The van der Waals surface area contributed by atoms with Crippen LogP contribution in [0.25, 0.3) is 0 Å². The van der Waals surface area contributed by atoms with Gasteiger partial charge in [-0.1, -0.05) is 32.0 Å². The van der Waals surface area contributed by atoms with Crippen molar-refractivity contribution in [2.24, 2.45) is 0 Å². The number of amides is 1. The Hall–Kier alpha value is -2.48. The highest BCUT2D eigenvalue weighted by molar-refractivity contribution is 7.91. The summed E-state index contributed by atoms with van der Waals surface area (Å²) in [7, 11) is -1.42. The quantitative estimate of drug-likeness (QED) is 0.846. The van der Waals surface area contributed by atoms with E-state index in [4.69, 9.17) is 0 Å². The van der Waals surface area contributed by atoms with E-state index in [-0.39, 0.29) is 23.5 Å². The molecule has 144 valence electrons. The Balaban J connectivity index is 1.71. The minimum Gasteiger partial charge on any atom is -0.338 e. The molecule has 1 N–H and O–H groups in total. The number of sulfone groups is 1. The monoisotopic (exact) mass is 388 g/mol. The van der Waals surface area contributed by atoms with E-state index in [0.717, 1.165) is 11.3 Å². The molecule has 1 aromatic heterocycles. The van der Waals surface area contributed by atoms with Gasteiger partial charge in [0.2, 0.25) is 5.95 Å². The van der Waals surface area contributed by atoms with E-state index in [0.29, 0.717) is 23.9 Å². The summed E-state index contributed by atoms with van der Waals surface area (Å²) in [4.78, 5) is 22.6. The number of nitrogens with zero attached hydrogens (tertiary/aromatic N) is 3. The number of carbonyl (C=O) groups is 1. The van der Waals surface area contributed by atoms with E-state index in [9.17, 15) is 13.2 Å². The molecule has 1 aromatic carbocycles. The number of benzene rings is 1. The minimum absolute atomic E-state index is 0.0156. The van der Waals surface area contributed by atoms with Gasteiger partial charge in [0.05, 0.1) is 17.1 Å². The second kappa shape index (κ2) is 7.64. The predicted molar refractivity (Wildman–Crippen MR) is 105 cm³/mol. The van der Waals surface area contributed by atoms with Gasteiger partial charge in [0, 0.05) is 31.2 Å². The van der Waals surface area contributed by atoms with E-state index in [1.165, 1.54) is 17.3 Å². The highest BCUT2D eigenvalue weighted by atomic mass is 32.2. The fourth-order valence-corrected chi connectivity index (χ4v) is 4.96. The number of carbonyl (C=O) groups excluding carboxylic acids is 1. The summed E-state index contributed by atoms with van der Waals surface area (Å²) >= 11 is 0. The third-order valence-electron chi connectivity index (χ3n) is 4.80. The molecule has 1 aliphatic heterocycles. The Kier molecular flexibility index (Phi) is 5.46. The lowest BCUT2D eigenvalue weighted by Gasteiger charge is -2.23. The van der Waals surface area contributed by atoms with Gasteiger partial charge in [0.15, 0.2) is 9.84 Å². The van der Waals surface area contributed by atoms with Crippen LogP contribution in [0.15, 0.2) is 36.7 Å². The number of hydrogen-bond donors (Lipinski definition) is 1. The Morgan fingerprint density at radius 1 is 1.22 bits per heavy atom. The molecular formula is C19H24N4O3S. The van der Waals surface area contributed by atoms with Crippen molar-refractivity contribution in [1.82, 2.24) is 14.9 Å². The summed E-state index contributed by atoms with van der Waals surface area (Å²) < 4.78 is 23.3. The van der Waals surface area contributed by atoms with Gasteiger partial charge in [-0.15, -0.1) is 0 Å². The summed E-state index contributed by atoms with van der Waals surface area (Å²) in [6.45, 7) is 4.23. The van der Waals surface area contributed by atoms with E-state index >= 15 is 0 Å². The van der Waals surface area contributed by atoms with Crippen molar-refractivity contribution in [1.29, 1.82) is 0 Å². The smallest absolute Gasteiger partial charge is 0.257 e. The maximum absolute atomic E-state index is 12.6. The van der Waals surface area contributed by atoms with Crippen LogP contribution >= 0.6 is 0 Å². The second-order valence-electron chi connectivity index (χ2n) is 7.14. The van der Waals surface area contributed by atoms with Crippen LogP contribution in [-0.4, -0.2) is 53.8 Å². The molecule has 0 radical (unpaired) electrons.